The van der Waals surface area contributed by atoms with E-state index in [4.69, 9.17) is 9.47 Å². The monoisotopic (exact) mass is 433 g/mol. The number of hydrogen-bond donors (Lipinski definition) is 1. The first-order valence-electron chi connectivity index (χ1n) is 11.4. The van der Waals surface area contributed by atoms with Crippen molar-refractivity contribution < 1.29 is 19.1 Å². The second-order valence-electron chi connectivity index (χ2n) is 8.60. The number of likely N-dealkylation sites (N-methyl/N-ethyl adjacent to an activating group) is 1. The Kier molecular flexibility index (Phi) is 9.78. The van der Waals surface area contributed by atoms with Gasteiger partial charge in [-0.25, -0.2) is 0 Å². The maximum atomic E-state index is 13.3. The van der Waals surface area contributed by atoms with E-state index in [0.29, 0.717) is 36.6 Å². The van der Waals surface area contributed by atoms with E-state index < -0.39 is 0 Å². The largest absolute Gasteiger partial charge is 0.491 e. The Bertz CT molecular complexity index is 740. The number of anilines is 1. The van der Waals surface area contributed by atoms with Crippen LogP contribution in [-0.4, -0.2) is 74.2 Å². The fourth-order valence-corrected chi connectivity index (χ4v) is 3.98. The Morgan fingerprint density at radius 3 is 2.61 bits per heavy atom. The standard InChI is InChI=1S/C24H39N3O4/c1-7-9-23(28)25-19-10-11-21-20(13-19)24(29)26(5)15-22(30-6)17(3)14-27(12-8-2)18(4)16-31-21/h10-11,13,17-18,22H,7-9,12,14-16H2,1-6H3,(H,25,28)/t17-,18+,22-/m1/s1. The Morgan fingerprint density at radius 2 is 1.97 bits per heavy atom. The topological polar surface area (TPSA) is 71.1 Å². The maximum absolute atomic E-state index is 13.3. The number of hydrogen-bond acceptors (Lipinski definition) is 5. The van der Waals surface area contributed by atoms with Crippen LogP contribution in [-0.2, 0) is 9.53 Å². The number of nitrogens with zero attached hydrogens (tertiary/aromatic N) is 2. The van der Waals surface area contributed by atoms with Crippen LogP contribution >= 0.6 is 0 Å². The highest BCUT2D eigenvalue weighted by Gasteiger charge is 2.28. The Hall–Kier alpha value is -2.12. The molecule has 1 aliphatic heterocycles. The van der Waals surface area contributed by atoms with E-state index in [1.54, 1.807) is 37.3 Å². The third-order valence-corrected chi connectivity index (χ3v) is 5.85. The number of methoxy groups -OCH3 is 1. The van der Waals surface area contributed by atoms with Crippen LogP contribution < -0.4 is 10.1 Å². The molecule has 0 bridgehead atoms. The zero-order chi connectivity index (χ0) is 23.0. The molecule has 0 saturated heterocycles. The van der Waals surface area contributed by atoms with Crippen molar-refractivity contribution in [1.82, 2.24) is 9.80 Å². The number of nitrogens with one attached hydrogen (secondary N) is 1. The number of carbonyl (C=O) groups is 2. The van der Waals surface area contributed by atoms with Crippen LogP contribution in [0.4, 0.5) is 5.69 Å². The van der Waals surface area contributed by atoms with Gasteiger partial charge in [-0.3, -0.25) is 14.5 Å². The number of benzene rings is 1. The lowest BCUT2D eigenvalue weighted by Crippen LogP contribution is -2.46. The molecule has 2 amide bonds. The average molecular weight is 434 g/mol. The summed E-state index contributed by atoms with van der Waals surface area (Å²) in [6, 6.07) is 5.48. The fraction of sp³-hybridized carbons (Fsp3) is 0.667. The summed E-state index contributed by atoms with van der Waals surface area (Å²) < 4.78 is 11.9. The van der Waals surface area contributed by atoms with Gasteiger partial charge in [0.15, 0.2) is 0 Å². The highest BCUT2D eigenvalue weighted by atomic mass is 16.5. The van der Waals surface area contributed by atoms with Crippen molar-refractivity contribution in [3.8, 4) is 5.75 Å². The molecule has 1 aromatic carbocycles. The normalized spacial score (nSPS) is 23.4. The first kappa shape index (κ1) is 25.1. The molecule has 3 atom stereocenters. The van der Waals surface area contributed by atoms with Crippen molar-refractivity contribution in [1.29, 1.82) is 0 Å². The predicted molar refractivity (Wildman–Crippen MR) is 124 cm³/mol. The van der Waals surface area contributed by atoms with Crippen LogP contribution in [0.3, 0.4) is 0 Å². The summed E-state index contributed by atoms with van der Waals surface area (Å²) in [4.78, 5) is 29.4. The van der Waals surface area contributed by atoms with Gasteiger partial charge in [0.25, 0.3) is 5.91 Å². The zero-order valence-electron chi connectivity index (χ0n) is 19.9. The first-order chi connectivity index (χ1) is 14.8. The number of ether oxygens (including phenoxy) is 2. The number of carbonyl (C=O) groups excluding carboxylic acids is 2. The summed E-state index contributed by atoms with van der Waals surface area (Å²) in [5.41, 5.74) is 1.06. The van der Waals surface area contributed by atoms with Crippen molar-refractivity contribution in [2.24, 2.45) is 5.92 Å². The predicted octanol–water partition coefficient (Wildman–Crippen LogP) is 3.64. The van der Waals surface area contributed by atoms with E-state index in [2.05, 4.69) is 31.0 Å². The first-order valence-corrected chi connectivity index (χ1v) is 11.4. The Morgan fingerprint density at radius 1 is 1.23 bits per heavy atom. The van der Waals surface area contributed by atoms with Crippen LogP contribution in [0.5, 0.6) is 5.75 Å². The van der Waals surface area contributed by atoms with Crippen LogP contribution in [0.25, 0.3) is 0 Å². The summed E-state index contributed by atoms with van der Waals surface area (Å²) in [5, 5.41) is 2.88. The van der Waals surface area contributed by atoms with Crippen molar-refractivity contribution in [2.75, 3.05) is 45.7 Å². The number of fused-ring (bicyclic) bond motifs is 1. The number of rotatable bonds is 6. The van der Waals surface area contributed by atoms with E-state index in [-0.39, 0.29) is 29.9 Å². The van der Waals surface area contributed by atoms with Gasteiger partial charge < -0.3 is 19.7 Å². The van der Waals surface area contributed by atoms with Gasteiger partial charge in [-0.05, 0) is 50.4 Å². The molecule has 1 heterocycles. The van der Waals surface area contributed by atoms with Gasteiger partial charge >= 0.3 is 0 Å². The molecule has 7 nitrogen and oxygen atoms in total. The van der Waals surface area contributed by atoms with Gasteiger partial charge in [-0.2, -0.15) is 0 Å². The Labute approximate surface area is 187 Å². The molecule has 0 aliphatic carbocycles. The average Bonchev–Trinajstić information content (AvgIpc) is 2.74. The van der Waals surface area contributed by atoms with Gasteiger partial charge in [-0.1, -0.05) is 20.8 Å². The van der Waals surface area contributed by atoms with Crippen LogP contribution in [0.15, 0.2) is 18.2 Å². The zero-order valence-corrected chi connectivity index (χ0v) is 19.9. The summed E-state index contributed by atoms with van der Waals surface area (Å²) in [6.45, 7) is 11.3. The fourth-order valence-electron chi connectivity index (χ4n) is 3.98. The highest BCUT2D eigenvalue weighted by molar-refractivity contribution is 5.99. The van der Waals surface area contributed by atoms with Crippen molar-refractivity contribution in [2.45, 2.75) is 59.1 Å². The molecule has 0 spiro atoms. The second-order valence-corrected chi connectivity index (χ2v) is 8.60. The molecule has 1 aliphatic rings. The lowest BCUT2D eigenvalue weighted by molar-refractivity contribution is -0.116. The van der Waals surface area contributed by atoms with Gasteiger partial charge in [0.2, 0.25) is 5.91 Å². The van der Waals surface area contributed by atoms with Crippen LogP contribution in [0, 0.1) is 5.92 Å². The van der Waals surface area contributed by atoms with Crippen molar-refractivity contribution >= 4 is 17.5 Å². The minimum absolute atomic E-state index is 0.0607. The van der Waals surface area contributed by atoms with E-state index >= 15 is 0 Å². The lowest BCUT2D eigenvalue weighted by Gasteiger charge is -2.35. The summed E-state index contributed by atoms with van der Waals surface area (Å²) in [6.07, 6.45) is 2.20. The molecule has 174 valence electrons. The van der Waals surface area contributed by atoms with Gasteiger partial charge in [0, 0.05) is 45.4 Å². The van der Waals surface area contributed by atoms with Gasteiger partial charge in [-0.15, -0.1) is 0 Å². The quantitative estimate of drug-likeness (QED) is 0.742. The second kappa shape index (κ2) is 12.1. The van der Waals surface area contributed by atoms with E-state index in [1.807, 2.05) is 6.92 Å². The van der Waals surface area contributed by atoms with E-state index in [9.17, 15) is 9.59 Å². The molecule has 2 rings (SSSR count). The minimum Gasteiger partial charge on any atom is -0.491 e. The minimum atomic E-state index is -0.144. The third kappa shape index (κ3) is 6.94. The van der Waals surface area contributed by atoms with Gasteiger partial charge in [0.05, 0.1) is 11.7 Å². The van der Waals surface area contributed by atoms with Crippen LogP contribution in [0.2, 0.25) is 0 Å². The molecule has 0 radical (unpaired) electrons. The molecule has 0 unspecified atom stereocenters. The van der Waals surface area contributed by atoms with Crippen LogP contribution in [0.1, 0.15) is 57.3 Å². The molecule has 1 N–H and O–H groups in total. The van der Waals surface area contributed by atoms with Crippen molar-refractivity contribution in [3.63, 3.8) is 0 Å². The number of amides is 2. The SMILES string of the molecule is CCCC(=O)Nc1ccc2c(c1)C(=O)N(C)C[C@@H](OC)[C@H](C)CN(CCC)[C@@H](C)CO2. The molecular formula is C24H39N3O4. The highest BCUT2D eigenvalue weighted by Crippen LogP contribution is 2.26. The molecule has 0 fully saturated rings. The third-order valence-electron chi connectivity index (χ3n) is 5.85. The molecule has 0 aromatic heterocycles. The summed E-state index contributed by atoms with van der Waals surface area (Å²) in [7, 11) is 3.49. The smallest absolute Gasteiger partial charge is 0.257 e. The molecule has 7 heteroatoms. The van der Waals surface area contributed by atoms with Crippen molar-refractivity contribution in [3.05, 3.63) is 23.8 Å². The van der Waals surface area contributed by atoms with E-state index in [1.165, 1.54) is 0 Å². The maximum Gasteiger partial charge on any atom is 0.257 e. The summed E-state index contributed by atoms with van der Waals surface area (Å²) >= 11 is 0. The lowest BCUT2D eigenvalue weighted by atomic mass is 10.0. The Balaban J connectivity index is 2.38. The molecular weight excluding hydrogens is 394 g/mol. The molecule has 31 heavy (non-hydrogen) atoms. The molecule has 0 saturated carbocycles. The molecule has 1 aromatic rings. The summed E-state index contributed by atoms with van der Waals surface area (Å²) in [5.74, 6) is 0.591. The van der Waals surface area contributed by atoms with Gasteiger partial charge in [0.1, 0.15) is 12.4 Å². The van der Waals surface area contributed by atoms with E-state index in [0.717, 1.165) is 25.9 Å².